The maximum atomic E-state index is 12.5. The zero-order valence-corrected chi connectivity index (χ0v) is 14.5. The molecule has 2 aromatic heterocycles. The Hall–Kier alpha value is -2.38. The summed E-state index contributed by atoms with van der Waals surface area (Å²) in [6.45, 7) is 5.32. The van der Waals surface area contributed by atoms with Gasteiger partial charge in [-0.1, -0.05) is 0 Å². The zero-order chi connectivity index (χ0) is 17.6. The number of furan rings is 1. The van der Waals surface area contributed by atoms with Gasteiger partial charge in [-0.05, 0) is 31.2 Å². The van der Waals surface area contributed by atoms with Crippen LogP contribution in [0.25, 0.3) is 0 Å². The standard InChI is InChI=1S/C18H23N3O4/c1-13-5-6-16(25-13)15(21-8-10-24-11-9-21)12-20-17(22)14-4-3-7-19-18(14)23-2/h3-7,15H,8-12H2,1-2H3,(H,20,22)/t15-/m0/s1. The molecule has 1 aliphatic rings. The molecule has 1 amide bonds. The van der Waals surface area contributed by atoms with E-state index < -0.39 is 0 Å². The topological polar surface area (TPSA) is 76.8 Å². The first kappa shape index (κ1) is 17.4. The van der Waals surface area contributed by atoms with Gasteiger partial charge in [0, 0.05) is 25.8 Å². The lowest BCUT2D eigenvalue weighted by Crippen LogP contribution is -2.43. The number of nitrogens with one attached hydrogen (secondary N) is 1. The molecule has 134 valence electrons. The number of carbonyl (C=O) groups excluding carboxylic acids is 1. The minimum atomic E-state index is -0.216. The van der Waals surface area contributed by atoms with E-state index in [1.807, 2.05) is 19.1 Å². The lowest BCUT2D eigenvalue weighted by Gasteiger charge is -2.33. The van der Waals surface area contributed by atoms with Gasteiger partial charge in [-0.15, -0.1) is 0 Å². The highest BCUT2D eigenvalue weighted by molar-refractivity contribution is 5.96. The molecular formula is C18H23N3O4. The summed E-state index contributed by atoms with van der Waals surface area (Å²) < 4.78 is 16.4. The first-order chi connectivity index (χ1) is 12.2. The van der Waals surface area contributed by atoms with Gasteiger partial charge in [0.05, 0.1) is 26.4 Å². The highest BCUT2D eigenvalue weighted by Gasteiger charge is 2.26. The number of pyridine rings is 1. The fourth-order valence-electron chi connectivity index (χ4n) is 2.94. The van der Waals surface area contributed by atoms with E-state index in [0.29, 0.717) is 31.2 Å². The van der Waals surface area contributed by atoms with Crippen molar-refractivity contribution in [3.8, 4) is 5.88 Å². The van der Waals surface area contributed by atoms with Gasteiger partial charge in [-0.2, -0.15) is 0 Å². The number of hydrogen-bond acceptors (Lipinski definition) is 6. The number of aryl methyl sites for hydroxylation is 1. The fraction of sp³-hybridized carbons (Fsp3) is 0.444. The number of morpholine rings is 1. The third-order valence-corrected chi connectivity index (χ3v) is 4.24. The fourth-order valence-corrected chi connectivity index (χ4v) is 2.94. The van der Waals surface area contributed by atoms with Crippen LogP contribution in [0.2, 0.25) is 0 Å². The van der Waals surface area contributed by atoms with Crippen LogP contribution in [-0.4, -0.2) is 55.7 Å². The maximum absolute atomic E-state index is 12.5. The molecule has 1 saturated heterocycles. The predicted molar refractivity (Wildman–Crippen MR) is 91.7 cm³/mol. The first-order valence-electron chi connectivity index (χ1n) is 8.34. The Bertz CT molecular complexity index is 710. The van der Waals surface area contributed by atoms with Crippen molar-refractivity contribution in [3.63, 3.8) is 0 Å². The summed E-state index contributed by atoms with van der Waals surface area (Å²) in [7, 11) is 1.50. The third kappa shape index (κ3) is 4.18. The highest BCUT2D eigenvalue weighted by atomic mass is 16.5. The van der Waals surface area contributed by atoms with Crippen LogP contribution in [0.5, 0.6) is 5.88 Å². The van der Waals surface area contributed by atoms with E-state index in [1.54, 1.807) is 18.3 Å². The number of rotatable bonds is 6. The Labute approximate surface area is 146 Å². The van der Waals surface area contributed by atoms with Crippen LogP contribution >= 0.6 is 0 Å². The molecule has 0 aliphatic carbocycles. The Kier molecular flexibility index (Phi) is 5.67. The smallest absolute Gasteiger partial charge is 0.256 e. The van der Waals surface area contributed by atoms with Gasteiger partial charge in [-0.25, -0.2) is 4.98 Å². The van der Waals surface area contributed by atoms with Gasteiger partial charge < -0.3 is 19.2 Å². The number of carbonyl (C=O) groups is 1. The van der Waals surface area contributed by atoms with Crippen molar-refractivity contribution in [1.29, 1.82) is 0 Å². The number of aromatic nitrogens is 1. The normalized spacial score (nSPS) is 16.4. The molecular weight excluding hydrogens is 322 g/mol. The molecule has 0 bridgehead atoms. The van der Waals surface area contributed by atoms with Crippen molar-refractivity contribution < 1.29 is 18.7 Å². The average Bonchev–Trinajstić information content (AvgIpc) is 3.08. The molecule has 1 N–H and O–H groups in total. The largest absolute Gasteiger partial charge is 0.480 e. The monoisotopic (exact) mass is 345 g/mol. The van der Waals surface area contributed by atoms with Crippen molar-refractivity contribution >= 4 is 5.91 Å². The first-order valence-corrected chi connectivity index (χ1v) is 8.34. The Morgan fingerprint density at radius 2 is 2.16 bits per heavy atom. The van der Waals surface area contributed by atoms with Gasteiger partial charge >= 0.3 is 0 Å². The van der Waals surface area contributed by atoms with E-state index in [1.165, 1.54) is 7.11 Å². The number of hydrogen-bond donors (Lipinski definition) is 1. The van der Waals surface area contributed by atoms with Crippen molar-refractivity contribution in [3.05, 3.63) is 47.5 Å². The van der Waals surface area contributed by atoms with Crippen molar-refractivity contribution in [2.45, 2.75) is 13.0 Å². The number of amides is 1. The summed E-state index contributed by atoms with van der Waals surface area (Å²) in [6, 6.07) is 7.28. The molecule has 3 rings (SSSR count). The van der Waals surface area contributed by atoms with E-state index in [9.17, 15) is 4.79 Å². The van der Waals surface area contributed by atoms with Gasteiger partial charge in [-0.3, -0.25) is 9.69 Å². The molecule has 1 fully saturated rings. The Morgan fingerprint density at radius 1 is 1.36 bits per heavy atom. The Balaban J connectivity index is 1.72. The summed E-state index contributed by atoms with van der Waals surface area (Å²) in [5, 5.41) is 2.98. The predicted octanol–water partition coefficient (Wildman–Crippen LogP) is 1.79. The number of ether oxygens (including phenoxy) is 2. The minimum Gasteiger partial charge on any atom is -0.480 e. The van der Waals surface area contributed by atoms with Crippen molar-refractivity contribution in [1.82, 2.24) is 15.2 Å². The third-order valence-electron chi connectivity index (χ3n) is 4.24. The van der Waals surface area contributed by atoms with E-state index in [0.717, 1.165) is 24.6 Å². The SMILES string of the molecule is COc1ncccc1C(=O)NC[C@@H](c1ccc(C)o1)N1CCOCC1. The highest BCUT2D eigenvalue weighted by Crippen LogP contribution is 2.23. The lowest BCUT2D eigenvalue weighted by molar-refractivity contribution is 0.0117. The summed E-state index contributed by atoms with van der Waals surface area (Å²) >= 11 is 0. The molecule has 0 radical (unpaired) electrons. The van der Waals surface area contributed by atoms with E-state index in [-0.39, 0.29) is 11.9 Å². The maximum Gasteiger partial charge on any atom is 0.256 e. The summed E-state index contributed by atoms with van der Waals surface area (Å²) in [5.41, 5.74) is 0.418. The molecule has 7 heteroatoms. The molecule has 0 spiro atoms. The molecule has 0 aromatic carbocycles. The molecule has 1 atom stereocenters. The lowest BCUT2D eigenvalue weighted by atomic mass is 10.1. The van der Waals surface area contributed by atoms with Crippen molar-refractivity contribution in [2.75, 3.05) is 40.0 Å². The van der Waals surface area contributed by atoms with Crippen LogP contribution in [0.15, 0.2) is 34.9 Å². The van der Waals surface area contributed by atoms with Crippen molar-refractivity contribution in [2.24, 2.45) is 0 Å². The second-order valence-corrected chi connectivity index (χ2v) is 5.88. The molecule has 3 heterocycles. The Morgan fingerprint density at radius 3 is 2.84 bits per heavy atom. The van der Waals surface area contributed by atoms with Crippen LogP contribution in [-0.2, 0) is 4.74 Å². The average molecular weight is 345 g/mol. The summed E-state index contributed by atoms with van der Waals surface area (Å²) in [4.78, 5) is 18.9. The van der Waals surface area contributed by atoms with E-state index in [4.69, 9.17) is 13.9 Å². The van der Waals surface area contributed by atoms with E-state index >= 15 is 0 Å². The molecule has 25 heavy (non-hydrogen) atoms. The quantitative estimate of drug-likeness (QED) is 0.860. The summed E-state index contributed by atoms with van der Waals surface area (Å²) in [6.07, 6.45) is 1.60. The van der Waals surface area contributed by atoms with Crippen LogP contribution < -0.4 is 10.1 Å². The minimum absolute atomic E-state index is 0.0378. The molecule has 7 nitrogen and oxygen atoms in total. The van der Waals surface area contributed by atoms with Crippen LogP contribution in [0, 0.1) is 6.92 Å². The second-order valence-electron chi connectivity index (χ2n) is 5.88. The zero-order valence-electron chi connectivity index (χ0n) is 14.5. The molecule has 0 saturated carbocycles. The van der Waals surface area contributed by atoms with Crippen LogP contribution in [0.4, 0.5) is 0 Å². The van der Waals surface area contributed by atoms with Crippen LogP contribution in [0.1, 0.15) is 27.9 Å². The van der Waals surface area contributed by atoms with Gasteiger partial charge in [0.25, 0.3) is 5.91 Å². The number of nitrogens with zero attached hydrogens (tertiary/aromatic N) is 2. The molecule has 2 aromatic rings. The molecule has 1 aliphatic heterocycles. The second kappa shape index (κ2) is 8.13. The van der Waals surface area contributed by atoms with Gasteiger partial charge in [0.1, 0.15) is 17.1 Å². The summed E-state index contributed by atoms with van der Waals surface area (Å²) in [5.74, 6) is 1.80. The van der Waals surface area contributed by atoms with Crippen LogP contribution in [0.3, 0.4) is 0 Å². The van der Waals surface area contributed by atoms with Gasteiger partial charge in [0.15, 0.2) is 0 Å². The van der Waals surface area contributed by atoms with Gasteiger partial charge in [0.2, 0.25) is 5.88 Å². The molecule has 0 unspecified atom stereocenters. The number of methoxy groups -OCH3 is 1. The van der Waals surface area contributed by atoms with E-state index in [2.05, 4.69) is 15.2 Å².